The molecule has 1 aromatic carbocycles. The molecule has 10 heteroatoms. The molecule has 31 heavy (non-hydrogen) atoms. The van der Waals surface area contributed by atoms with Gasteiger partial charge in [0.1, 0.15) is 17.4 Å². The van der Waals surface area contributed by atoms with Gasteiger partial charge in [-0.15, -0.1) is 0 Å². The van der Waals surface area contributed by atoms with Crippen molar-refractivity contribution in [2.45, 2.75) is 24.9 Å². The summed E-state index contributed by atoms with van der Waals surface area (Å²) in [5.74, 6) is -1.94. The van der Waals surface area contributed by atoms with E-state index in [1.165, 1.54) is 11.0 Å². The second-order valence-corrected chi connectivity index (χ2v) is 7.12. The molecular formula is C21H15F4N5O. The number of H-pyrrole nitrogens is 1. The van der Waals surface area contributed by atoms with Gasteiger partial charge in [-0.1, -0.05) is 6.07 Å². The van der Waals surface area contributed by atoms with Gasteiger partial charge in [-0.3, -0.25) is 19.8 Å². The summed E-state index contributed by atoms with van der Waals surface area (Å²) in [6, 6.07) is 8.21. The summed E-state index contributed by atoms with van der Waals surface area (Å²) >= 11 is 0. The van der Waals surface area contributed by atoms with Crippen molar-refractivity contribution in [3.8, 4) is 17.3 Å². The Morgan fingerprint density at radius 1 is 1.19 bits per heavy atom. The summed E-state index contributed by atoms with van der Waals surface area (Å²) in [6.45, 7) is 0.196. The van der Waals surface area contributed by atoms with Crippen LogP contribution in [0.5, 0.6) is 0 Å². The Hall–Kier alpha value is -3.74. The average molecular weight is 429 g/mol. The molecule has 0 saturated carbocycles. The first-order valence-corrected chi connectivity index (χ1v) is 9.35. The van der Waals surface area contributed by atoms with Crippen molar-refractivity contribution < 1.29 is 22.4 Å². The number of alkyl halides is 3. The van der Waals surface area contributed by atoms with E-state index in [1.807, 2.05) is 0 Å². The van der Waals surface area contributed by atoms with Gasteiger partial charge < -0.3 is 0 Å². The number of nitrogens with one attached hydrogen (secondary N) is 1. The third-order valence-corrected chi connectivity index (χ3v) is 5.28. The van der Waals surface area contributed by atoms with Gasteiger partial charge in [0, 0.05) is 30.9 Å². The number of piperidine rings is 1. The van der Waals surface area contributed by atoms with Gasteiger partial charge >= 0.3 is 6.18 Å². The number of aromatic nitrogens is 3. The molecule has 158 valence electrons. The average Bonchev–Trinajstić information content (AvgIpc) is 3.17. The van der Waals surface area contributed by atoms with E-state index in [0.717, 1.165) is 6.07 Å². The molecule has 1 atom stereocenters. The first kappa shape index (κ1) is 20.5. The Balaban J connectivity index is 1.56. The second kappa shape index (κ2) is 7.83. The molecule has 6 nitrogen and oxygen atoms in total. The van der Waals surface area contributed by atoms with E-state index in [9.17, 15) is 27.6 Å². The smallest absolute Gasteiger partial charge is 0.294 e. The first-order valence-electron chi connectivity index (χ1n) is 9.35. The van der Waals surface area contributed by atoms with Crippen molar-refractivity contribution in [2.75, 3.05) is 11.4 Å². The number of nitrogens with zero attached hydrogens (tertiary/aromatic N) is 4. The minimum Gasteiger partial charge on any atom is -0.294 e. The molecule has 1 fully saturated rings. The zero-order valence-corrected chi connectivity index (χ0v) is 15.9. The van der Waals surface area contributed by atoms with Crippen LogP contribution in [0.1, 0.15) is 35.4 Å². The summed E-state index contributed by atoms with van der Waals surface area (Å²) in [5.41, 5.74) is 0.350. The number of benzene rings is 1. The first-order chi connectivity index (χ1) is 14.8. The molecule has 1 aliphatic heterocycles. The highest BCUT2D eigenvalue weighted by Gasteiger charge is 2.36. The number of anilines is 1. The van der Waals surface area contributed by atoms with E-state index < -0.39 is 23.5 Å². The fourth-order valence-electron chi connectivity index (χ4n) is 3.72. The third kappa shape index (κ3) is 3.86. The van der Waals surface area contributed by atoms with Crippen LogP contribution in [0.3, 0.4) is 0 Å². The zero-order valence-electron chi connectivity index (χ0n) is 15.9. The van der Waals surface area contributed by atoms with Crippen LogP contribution < -0.4 is 4.90 Å². The van der Waals surface area contributed by atoms with Gasteiger partial charge in [0.05, 0.1) is 11.3 Å². The maximum absolute atomic E-state index is 13.9. The predicted molar refractivity (Wildman–Crippen MR) is 102 cm³/mol. The molecule has 3 aromatic rings. The molecule has 1 saturated heterocycles. The lowest BCUT2D eigenvalue weighted by atomic mass is 9.88. The van der Waals surface area contributed by atoms with Gasteiger partial charge in [0.25, 0.3) is 0 Å². The van der Waals surface area contributed by atoms with Crippen molar-refractivity contribution in [3.05, 3.63) is 65.2 Å². The van der Waals surface area contributed by atoms with Gasteiger partial charge in [-0.25, -0.2) is 4.39 Å². The summed E-state index contributed by atoms with van der Waals surface area (Å²) in [4.78, 5) is 18.1. The molecule has 3 heterocycles. The van der Waals surface area contributed by atoms with Gasteiger partial charge in [-0.05, 0) is 42.2 Å². The number of carbonyl (C=O) groups excluding carboxylic acids is 1. The number of hydrogen-bond acceptors (Lipinski definition) is 4. The van der Waals surface area contributed by atoms with Crippen LogP contribution in [0.2, 0.25) is 0 Å². The molecule has 1 unspecified atom stereocenters. The summed E-state index contributed by atoms with van der Waals surface area (Å²) in [5, 5.41) is 16.5. The van der Waals surface area contributed by atoms with E-state index in [-0.39, 0.29) is 30.3 Å². The van der Waals surface area contributed by atoms with E-state index in [0.29, 0.717) is 29.3 Å². The van der Waals surface area contributed by atoms with Crippen LogP contribution in [0, 0.1) is 17.1 Å². The maximum atomic E-state index is 13.9. The molecular weight excluding hydrogens is 414 g/mol. The largest absolute Gasteiger partial charge is 0.419 e. The number of amides is 1. The monoisotopic (exact) mass is 429 g/mol. The topological polar surface area (TPSA) is 85.7 Å². The van der Waals surface area contributed by atoms with Gasteiger partial charge in [0.15, 0.2) is 5.82 Å². The number of hydrogen-bond donors (Lipinski definition) is 1. The van der Waals surface area contributed by atoms with Crippen molar-refractivity contribution in [1.29, 1.82) is 5.26 Å². The number of aromatic amines is 1. The van der Waals surface area contributed by atoms with E-state index in [2.05, 4.69) is 21.3 Å². The maximum Gasteiger partial charge on any atom is 0.419 e. The SMILES string of the molecule is N#Cc1c(N2CCC(c3ccc(C(F)(F)F)c(F)c3)CC2=O)n[nH]c1-c1ccncc1. The van der Waals surface area contributed by atoms with Crippen LogP contribution in [0.25, 0.3) is 11.3 Å². The Morgan fingerprint density at radius 2 is 1.94 bits per heavy atom. The van der Waals surface area contributed by atoms with Crippen molar-refractivity contribution in [2.24, 2.45) is 0 Å². The lowest BCUT2D eigenvalue weighted by molar-refractivity contribution is -0.140. The van der Waals surface area contributed by atoms with Crippen molar-refractivity contribution >= 4 is 11.7 Å². The van der Waals surface area contributed by atoms with Crippen LogP contribution in [-0.2, 0) is 11.0 Å². The lowest BCUT2D eigenvalue weighted by Gasteiger charge is -2.30. The van der Waals surface area contributed by atoms with Crippen molar-refractivity contribution in [3.63, 3.8) is 0 Å². The highest BCUT2D eigenvalue weighted by Crippen LogP contribution is 2.37. The number of rotatable bonds is 3. The molecule has 1 amide bonds. The van der Waals surface area contributed by atoms with E-state index in [4.69, 9.17) is 0 Å². The van der Waals surface area contributed by atoms with Crippen LogP contribution in [-0.4, -0.2) is 27.6 Å². The molecule has 0 bridgehead atoms. The summed E-state index contributed by atoms with van der Waals surface area (Å²) < 4.78 is 52.3. The van der Waals surface area contributed by atoms with Crippen LogP contribution in [0.15, 0.2) is 42.7 Å². The fourth-order valence-corrected chi connectivity index (χ4v) is 3.72. The molecule has 0 radical (unpaired) electrons. The molecule has 1 aliphatic rings. The number of nitriles is 1. The van der Waals surface area contributed by atoms with Crippen molar-refractivity contribution in [1.82, 2.24) is 15.2 Å². The normalized spacial score (nSPS) is 16.9. The molecule has 2 aromatic heterocycles. The molecule has 1 N–H and O–H groups in total. The van der Waals surface area contributed by atoms with Gasteiger partial charge in [-0.2, -0.15) is 23.5 Å². The van der Waals surface area contributed by atoms with Crippen LogP contribution in [0.4, 0.5) is 23.4 Å². The fraction of sp³-hybridized carbons (Fsp3) is 0.238. The Kier molecular flexibility index (Phi) is 5.19. The highest BCUT2D eigenvalue weighted by atomic mass is 19.4. The van der Waals surface area contributed by atoms with E-state index in [1.54, 1.807) is 24.5 Å². The highest BCUT2D eigenvalue weighted by molar-refractivity contribution is 5.96. The zero-order chi connectivity index (χ0) is 22.2. The lowest BCUT2D eigenvalue weighted by Crippen LogP contribution is -2.38. The molecule has 4 rings (SSSR count). The standard InChI is InChI=1S/C21H15F4N5O/c22-17-9-13(1-2-16(17)21(23,24)25)14-5-8-30(18(31)10-14)20-15(11-26)19(28-29-20)12-3-6-27-7-4-12/h1-4,6-7,9,14H,5,8,10H2,(H,28,29). The molecule has 0 spiro atoms. The van der Waals surface area contributed by atoms with Gasteiger partial charge in [0.2, 0.25) is 5.91 Å². The minimum absolute atomic E-state index is 0.0346. The Bertz CT molecular complexity index is 1170. The summed E-state index contributed by atoms with van der Waals surface area (Å²) in [7, 11) is 0. The Morgan fingerprint density at radius 3 is 2.55 bits per heavy atom. The van der Waals surface area contributed by atoms with Crippen LogP contribution >= 0.6 is 0 Å². The Labute approximate surface area is 174 Å². The number of carbonyl (C=O) groups is 1. The second-order valence-electron chi connectivity index (χ2n) is 7.12. The molecule has 0 aliphatic carbocycles. The minimum atomic E-state index is -4.78. The predicted octanol–water partition coefficient (Wildman–Crippen LogP) is 4.41. The summed E-state index contributed by atoms with van der Waals surface area (Å²) in [6.07, 6.45) is -1.29. The number of halogens is 4. The number of pyridine rings is 1. The quantitative estimate of drug-likeness (QED) is 0.625. The van der Waals surface area contributed by atoms with E-state index >= 15 is 0 Å². The third-order valence-electron chi connectivity index (χ3n) is 5.28.